The van der Waals surface area contributed by atoms with Crippen molar-refractivity contribution in [2.75, 3.05) is 4.90 Å². The van der Waals surface area contributed by atoms with Crippen molar-refractivity contribution in [2.24, 2.45) is 5.92 Å². The summed E-state index contributed by atoms with van der Waals surface area (Å²) in [5.74, 6) is -2.28. The highest BCUT2D eigenvalue weighted by atomic mass is 19.1. The Morgan fingerprint density at radius 3 is 2.11 bits per heavy atom. The fraction of sp³-hybridized carbons (Fsp3) is 0.429. The number of nitrogens with zero attached hydrogens (tertiary/aromatic N) is 3. The average Bonchev–Trinajstić information content (AvgIpc) is 3.39. The summed E-state index contributed by atoms with van der Waals surface area (Å²) >= 11 is 0. The number of fused-ring (bicyclic) bond motifs is 1. The third kappa shape index (κ3) is 5.54. The van der Waals surface area contributed by atoms with E-state index in [4.69, 9.17) is 9.47 Å². The molecule has 0 radical (unpaired) electrons. The topological polar surface area (TPSA) is 90.2 Å². The number of aromatic nitrogens is 2. The Morgan fingerprint density at radius 2 is 1.58 bits per heavy atom. The lowest BCUT2D eigenvalue weighted by Crippen LogP contribution is -2.44. The number of hydrogen-bond acceptors (Lipinski definition) is 6. The van der Waals surface area contributed by atoms with Crippen molar-refractivity contribution in [1.29, 1.82) is 0 Å². The molecule has 2 atom stereocenters. The van der Waals surface area contributed by atoms with Gasteiger partial charge in [-0.25, -0.2) is 23.4 Å². The monoisotopic (exact) mass is 527 g/mol. The highest BCUT2D eigenvalue weighted by Gasteiger charge is 2.47. The molecule has 2 amide bonds. The van der Waals surface area contributed by atoms with Gasteiger partial charge in [0.25, 0.3) is 0 Å². The number of benzene rings is 1. The first-order valence-electron chi connectivity index (χ1n) is 12.3. The zero-order chi connectivity index (χ0) is 28.2. The van der Waals surface area contributed by atoms with Gasteiger partial charge in [0.15, 0.2) is 11.6 Å². The van der Waals surface area contributed by atoms with Gasteiger partial charge in [-0.15, -0.1) is 0 Å². The number of carbonyl (C=O) groups is 3. The van der Waals surface area contributed by atoms with Gasteiger partial charge in [-0.2, -0.15) is 4.90 Å². The first-order chi connectivity index (χ1) is 17.6. The van der Waals surface area contributed by atoms with E-state index in [1.54, 1.807) is 78.9 Å². The Morgan fingerprint density at radius 1 is 1.00 bits per heavy atom. The molecule has 2 aromatic heterocycles. The molecule has 38 heavy (non-hydrogen) atoms. The number of hydrogen-bond donors (Lipinski definition) is 0. The lowest BCUT2D eigenvalue weighted by molar-refractivity contribution is 0.0429. The van der Waals surface area contributed by atoms with E-state index in [1.165, 1.54) is 10.5 Å². The zero-order valence-electron chi connectivity index (χ0n) is 22.5. The molecule has 0 saturated heterocycles. The van der Waals surface area contributed by atoms with Crippen LogP contribution >= 0.6 is 0 Å². The first kappa shape index (κ1) is 27.2. The summed E-state index contributed by atoms with van der Waals surface area (Å²) in [5.41, 5.74) is -0.387. The number of carbonyl (C=O) groups excluding carboxylic acids is 3. The van der Waals surface area contributed by atoms with Crippen LogP contribution in [0.4, 0.5) is 24.2 Å². The maximum Gasteiger partial charge on any atom is 0.425 e. The van der Waals surface area contributed by atoms with Crippen LogP contribution in [0.1, 0.15) is 64.0 Å². The third-order valence-electron chi connectivity index (χ3n) is 5.83. The highest BCUT2D eigenvalue weighted by Crippen LogP contribution is 2.40. The Hall–Kier alpha value is -3.82. The summed E-state index contributed by atoms with van der Waals surface area (Å²) in [6, 6.07) is 7.89. The first-order valence-corrected chi connectivity index (χ1v) is 12.3. The van der Waals surface area contributed by atoms with Crippen molar-refractivity contribution in [1.82, 2.24) is 9.38 Å². The largest absolute Gasteiger partial charge is 0.443 e. The van der Waals surface area contributed by atoms with E-state index >= 15 is 0 Å². The molecule has 202 valence electrons. The molecule has 1 saturated carbocycles. The molecule has 0 unspecified atom stereocenters. The van der Waals surface area contributed by atoms with Gasteiger partial charge in [0.1, 0.15) is 34.5 Å². The number of ketones is 1. The quantitative estimate of drug-likeness (QED) is 0.352. The Labute approximate surface area is 219 Å². The molecule has 8 nitrogen and oxygen atoms in total. The number of amides is 2. The number of alkyl halides is 1. The molecule has 0 bridgehead atoms. The number of imide groups is 1. The van der Waals surface area contributed by atoms with Crippen LogP contribution in [0.25, 0.3) is 16.8 Å². The molecule has 0 N–H and O–H groups in total. The molecule has 1 aromatic carbocycles. The van der Waals surface area contributed by atoms with Crippen LogP contribution in [0.3, 0.4) is 0 Å². The van der Waals surface area contributed by atoms with Crippen molar-refractivity contribution >= 4 is 29.4 Å². The minimum atomic E-state index is -1.34. The van der Waals surface area contributed by atoms with E-state index < -0.39 is 47.1 Å². The summed E-state index contributed by atoms with van der Waals surface area (Å²) < 4.78 is 40.6. The van der Waals surface area contributed by atoms with Gasteiger partial charge in [-0.1, -0.05) is 12.1 Å². The number of ether oxygens (including phenoxy) is 2. The Balaban J connectivity index is 1.94. The molecule has 3 aromatic rings. The van der Waals surface area contributed by atoms with E-state index in [2.05, 4.69) is 4.98 Å². The minimum Gasteiger partial charge on any atom is -0.443 e. The average molecular weight is 528 g/mol. The summed E-state index contributed by atoms with van der Waals surface area (Å²) in [6.07, 6.45) is -1.96. The lowest BCUT2D eigenvalue weighted by Gasteiger charge is -2.28. The summed E-state index contributed by atoms with van der Waals surface area (Å²) in [4.78, 5) is 45.1. The molecule has 4 rings (SSSR count). The van der Waals surface area contributed by atoms with Gasteiger partial charge in [-0.3, -0.25) is 9.20 Å². The van der Waals surface area contributed by atoms with Crippen LogP contribution < -0.4 is 4.90 Å². The number of imidazole rings is 1. The van der Waals surface area contributed by atoms with Gasteiger partial charge in [-0.05, 0) is 89.8 Å². The zero-order valence-corrected chi connectivity index (χ0v) is 22.5. The number of rotatable bonds is 4. The molecular weight excluding hydrogens is 496 g/mol. The van der Waals surface area contributed by atoms with Gasteiger partial charge >= 0.3 is 12.2 Å². The van der Waals surface area contributed by atoms with Crippen LogP contribution in [0.15, 0.2) is 36.5 Å². The smallest absolute Gasteiger partial charge is 0.425 e. The van der Waals surface area contributed by atoms with Crippen molar-refractivity contribution < 1.29 is 32.6 Å². The summed E-state index contributed by atoms with van der Waals surface area (Å²) in [7, 11) is 0. The fourth-order valence-electron chi connectivity index (χ4n) is 3.97. The van der Waals surface area contributed by atoms with Crippen LogP contribution in [-0.4, -0.2) is 44.7 Å². The maximum atomic E-state index is 14.3. The van der Waals surface area contributed by atoms with E-state index in [0.717, 1.165) is 0 Å². The molecule has 0 aliphatic heterocycles. The van der Waals surface area contributed by atoms with Crippen LogP contribution in [0, 0.1) is 18.7 Å². The van der Waals surface area contributed by atoms with Gasteiger partial charge in [0.05, 0.1) is 5.92 Å². The molecule has 10 heteroatoms. The van der Waals surface area contributed by atoms with Crippen LogP contribution in [0.5, 0.6) is 0 Å². The highest BCUT2D eigenvalue weighted by molar-refractivity contribution is 6.14. The standard InChI is InChI=1S/C28H31F2N3O5/c1-15-17(9-8-10-19(15)29)16-11-12-21-31-24(22(32(21)14-16)23(34)18-13-20(18)30)33(25(35)37-27(2,3)4)26(36)38-28(5,6)7/h8-12,14,18,20H,13H2,1-7H3/t18-,20+/m1/s1. The van der Waals surface area contributed by atoms with Crippen molar-refractivity contribution in [3.8, 4) is 11.1 Å². The molecule has 1 fully saturated rings. The van der Waals surface area contributed by atoms with Crippen molar-refractivity contribution in [3.63, 3.8) is 0 Å². The van der Waals surface area contributed by atoms with Crippen molar-refractivity contribution in [2.45, 2.75) is 72.3 Å². The number of anilines is 1. The van der Waals surface area contributed by atoms with Gasteiger partial charge in [0.2, 0.25) is 0 Å². The normalized spacial score (nSPS) is 17.3. The summed E-state index contributed by atoms with van der Waals surface area (Å²) in [5, 5.41) is 0. The second-order valence-electron chi connectivity index (χ2n) is 11.4. The number of Topliss-reactive ketones (excluding diaryl/α,β-unsaturated/α-hetero) is 1. The summed E-state index contributed by atoms with van der Waals surface area (Å²) in [6.45, 7) is 11.4. The third-order valence-corrected chi connectivity index (χ3v) is 5.83. The van der Waals surface area contributed by atoms with Gasteiger partial charge < -0.3 is 9.47 Å². The van der Waals surface area contributed by atoms with Crippen LogP contribution in [-0.2, 0) is 9.47 Å². The van der Waals surface area contributed by atoms with E-state index in [9.17, 15) is 23.2 Å². The minimum absolute atomic E-state index is 0.0209. The van der Waals surface area contributed by atoms with E-state index in [1.807, 2.05) is 0 Å². The van der Waals surface area contributed by atoms with E-state index in [-0.39, 0.29) is 23.6 Å². The maximum absolute atomic E-state index is 14.3. The molecule has 0 spiro atoms. The SMILES string of the molecule is Cc1c(F)cccc1-c1ccc2nc(N(C(=O)OC(C)(C)C)C(=O)OC(C)(C)C)c(C(=O)[C@@H]3C[C@@H]3F)n2c1. The van der Waals surface area contributed by atoms with Gasteiger partial charge in [0, 0.05) is 6.20 Å². The number of pyridine rings is 1. The molecule has 2 heterocycles. The Bertz CT molecular complexity index is 1410. The predicted molar refractivity (Wildman–Crippen MR) is 138 cm³/mol. The number of halogens is 2. The molecule has 1 aliphatic carbocycles. The second kappa shape index (κ2) is 9.49. The van der Waals surface area contributed by atoms with Crippen molar-refractivity contribution in [3.05, 3.63) is 53.6 Å². The molecule has 1 aliphatic rings. The van der Waals surface area contributed by atoms with Crippen LogP contribution in [0.2, 0.25) is 0 Å². The lowest BCUT2D eigenvalue weighted by atomic mass is 10.0. The van der Waals surface area contributed by atoms with E-state index in [0.29, 0.717) is 21.6 Å². The fourth-order valence-corrected chi connectivity index (χ4v) is 3.97. The predicted octanol–water partition coefficient (Wildman–Crippen LogP) is 6.67. The molecular formula is C28H31F2N3O5. The Kier molecular flexibility index (Phi) is 6.80. The second-order valence-corrected chi connectivity index (χ2v) is 11.4.